The fraction of sp³-hybridized carbons (Fsp3) is 0.786. The summed E-state index contributed by atoms with van der Waals surface area (Å²) in [4.78, 5) is 0. The van der Waals surface area contributed by atoms with Crippen LogP contribution in [0.3, 0.4) is 0 Å². The van der Waals surface area contributed by atoms with E-state index in [4.69, 9.17) is 15.3 Å². The van der Waals surface area contributed by atoms with Gasteiger partial charge in [0.15, 0.2) is 5.75 Å². The van der Waals surface area contributed by atoms with Crippen LogP contribution < -0.4 is 16.0 Å². The van der Waals surface area contributed by atoms with E-state index < -0.39 is 0 Å². The lowest BCUT2D eigenvalue weighted by Gasteiger charge is -2.36. The van der Waals surface area contributed by atoms with E-state index >= 15 is 0 Å². The van der Waals surface area contributed by atoms with Gasteiger partial charge < -0.3 is 9.47 Å². The number of nitrogens with zero attached hydrogens (tertiary/aromatic N) is 2. The second kappa shape index (κ2) is 6.56. The molecule has 116 valence electrons. The molecule has 0 saturated carbocycles. The summed E-state index contributed by atoms with van der Waals surface area (Å²) in [5.41, 5.74) is 3.69. The van der Waals surface area contributed by atoms with Crippen molar-refractivity contribution in [3.63, 3.8) is 0 Å². The molecule has 6 nitrogen and oxygen atoms in total. The van der Waals surface area contributed by atoms with Gasteiger partial charge in [0, 0.05) is 13.2 Å². The Hall–Kier alpha value is -1.11. The molecular formula is C14H28N4O2. The third-order valence-corrected chi connectivity index (χ3v) is 3.39. The van der Waals surface area contributed by atoms with Crippen LogP contribution in [0.25, 0.3) is 0 Å². The van der Waals surface area contributed by atoms with Gasteiger partial charge in [-0.3, -0.25) is 10.5 Å². The summed E-state index contributed by atoms with van der Waals surface area (Å²) in [6.07, 6.45) is 1.60. The van der Waals surface area contributed by atoms with Crippen molar-refractivity contribution in [1.29, 1.82) is 0 Å². The summed E-state index contributed by atoms with van der Waals surface area (Å²) in [6.45, 7) is 10.5. The van der Waals surface area contributed by atoms with Crippen molar-refractivity contribution in [1.82, 2.24) is 15.2 Å². The maximum absolute atomic E-state index is 5.80. The van der Waals surface area contributed by atoms with Crippen LogP contribution in [-0.2, 0) is 4.74 Å². The van der Waals surface area contributed by atoms with Crippen molar-refractivity contribution in [2.24, 2.45) is 11.3 Å². The monoisotopic (exact) mass is 284 g/mol. The van der Waals surface area contributed by atoms with E-state index in [1.807, 2.05) is 4.68 Å². The minimum absolute atomic E-state index is 0.0805. The van der Waals surface area contributed by atoms with Crippen molar-refractivity contribution in [2.45, 2.75) is 52.8 Å². The minimum atomic E-state index is -0.208. The first kappa shape index (κ1) is 16.9. The number of rotatable bonds is 6. The largest absolute Gasteiger partial charge is 0.493 e. The molecule has 0 aliphatic heterocycles. The van der Waals surface area contributed by atoms with Crippen LogP contribution in [0.15, 0.2) is 6.20 Å². The molecule has 3 N–H and O–H groups in total. The third-order valence-electron chi connectivity index (χ3n) is 3.39. The zero-order valence-corrected chi connectivity index (χ0v) is 13.6. The van der Waals surface area contributed by atoms with E-state index in [1.165, 1.54) is 0 Å². The van der Waals surface area contributed by atoms with Gasteiger partial charge in [0.1, 0.15) is 5.69 Å². The maximum Gasteiger partial charge on any atom is 0.161 e. The average Bonchev–Trinajstić information content (AvgIpc) is 2.77. The number of hydrazine groups is 1. The summed E-state index contributed by atoms with van der Waals surface area (Å²) in [5, 5.41) is 4.39. The fourth-order valence-corrected chi connectivity index (χ4v) is 2.52. The molecular weight excluding hydrogens is 256 g/mol. The second-order valence-electron chi connectivity index (χ2n) is 6.30. The molecule has 6 heteroatoms. The smallest absolute Gasteiger partial charge is 0.161 e. The van der Waals surface area contributed by atoms with Crippen LogP contribution in [0, 0.1) is 5.41 Å². The van der Waals surface area contributed by atoms with Crippen molar-refractivity contribution in [3.05, 3.63) is 11.9 Å². The van der Waals surface area contributed by atoms with Crippen LogP contribution >= 0.6 is 0 Å². The molecule has 1 aromatic rings. The Morgan fingerprint density at radius 3 is 2.25 bits per heavy atom. The second-order valence-corrected chi connectivity index (χ2v) is 6.30. The van der Waals surface area contributed by atoms with Crippen LogP contribution in [0.2, 0.25) is 0 Å². The highest BCUT2D eigenvalue weighted by atomic mass is 16.5. The number of methoxy groups -OCH3 is 2. The molecule has 0 saturated heterocycles. The van der Waals surface area contributed by atoms with Gasteiger partial charge in [-0.25, -0.2) is 5.43 Å². The molecule has 1 heterocycles. The van der Waals surface area contributed by atoms with Crippen LogP contribution in [0.4, 0.5) is 0 Å². The summed E-state index contributed by atoms with van der Waals surface area (Å²) >= 11 is 0. The number of nitrogens with one attached hydrogen (secondary N) is 1. The molecule has 1 aromatic heterocycles. The van der Waals surface area contributed by atoms with Crippen molar-refractivity contribution >= 4 is 0 Å². The van der Waals surface area contributed by atoms with Gasteiger partial charge in [0.2, 0.25) is 0 Å². The zero-order valence-electron chi connectivity index (χ0n) is 13.6. The lowest BCUT2D eigenvalue weighted by atomic mass is 9.83. The van der Waals surface area contributed by atoms with Gasteiger partial charge in [-0.05, 0) is 19.3 Å². The number of aromatic nitrogens is 2. The molecule has 20 heavy (non-hydrogen) atoms. The predicted molar refractivity (Wildman–Crippen MR) is 79.5 cm³/mol. The van der Waals surface area contributed by atoms with E-state index in [-0.39, 0.29) is 23.6 Å². The summed E-state index contributed by atoms with van der Waals surface area (Å²) in [7, 11) is 3.33. The highest BCUT2D eigenvalue weighted by Crippen LogP contribution is 2.36. The van der Waals surface area contributed by atoms with Crippen LogP contribution in [0.1, 0.15) is 52.4 Å². The van der Waals surface area contributed by atoms with Gasteiger partial charge in [-0.2, -0.15) is 5.10 Å². The Balaban J connectivity index is 3.33. The van der Waals surface area contributed by atoms with Gasteiger partial charge in [0.25, 0.3) is 0 Å². The van der Waals surface area contributed by atoms with Crippen molar-refractivity contribution < 1.29 is 9.47 Å². The summed E-state index contributed by atoms with van der Waals surface area (Å²) in [5.74, 6) is 6.52. The first-order valence-electron chi connectivity index (χ1n) is 6.88. The Kier molecular flexibility index (Phi) is 5.56. The van der Waals surface area contributed by atoms with E-state index in [9.17, 15) is 0 Å². The fourth-order valence-electron chi connectivity index (χ4n) is 2.52. The van der Waals surface area contributed by atoms with Gasteiger partial charge in [-0.1, -0.05) is 20.8 Å². The van der Waals surface area contributed by atoms with Crippen molar-refractivity contribution in [3.8, 4) is 5.75 Å². The number of hydrogen-bond acceptors (Lipinski definition) is 5. The Labute approximate surface area is 121 Å². The maximum atomic E-state index is 5.80. The van der Waals surface area contributed by atoms with E-state index in [0.29, 0.717) is 5.75 Å². The Morgan fingerprint density at radius 1 is 1.30 bits per heavy atom. The van der Waals surface area contributed by atoms with Crippen LogP contribution in [-0.4, -0.2) is 30.1 Å². The normalized spacial score (nSPS) is 15.4. The highest BCUT2D eigenvalue weighted by molar-refractivity contribution is 5.30. The van der Waals surface area contributed by atoms with E-state index in [1.54, 1.807) is 20.4 Å². The molecule has 0 aliphatic carbocycles. The molecule has 0 fully saturated rings. The molecule has 0 aliphatic rings. The predicted octanol–water partition coefficient (Wildman–Crippen LogP) is 2.04. The number of hydrogen-bond donors (Lipinski definition) is 2. The quantitative estimate of drug-likeness (QED) is 0.617. The SMILES string of the molecule is COc1cnn(C(C)C)c1C(NN)C(OC)C(C)(C)C. The topological polar surface area (TPSA) is 74.3 Å². The number of nitrogens with two attached hydrogens (primary N) is 1. The Bertz CT molecular complexity index is 423. The van der Waals surface area contributed by atoms with Gasteiger partial charge in [-0.15, -0.1) is 0 Å². The van der Waals surface area contributed by atoms with Crippen LogP contribution in [0.5, 0.6) is 5.75 Å². The molecule has 0 radical (unpaired) electrons. The highest BCUT2D eigenvalue weighted by Gasteiger charge is 2.37. The van der Waals surface area contributed by atoms with Gasteiger partial charge >= 0.3 is 0 Å². The molecule has 2 atom stereocenters. The lowest BCUT2D eigenvalue weighted by molar-refractivity contribution is -0.0148. The molecule has 0 aromatic carbocycles. The molecule has 2 unspecified atom stereocenters. The summed E-state index contributed by atoms with van der Waals surface area (Å²) in [6, 6.07) is 0.00192. The third kappa shape index (κ3) is 3.31. The molecule has 0 spiro atoms. The van der Waals surface area contributed by atoms with E-state index in [2.05, 4.69) is 45.1 Å². The zero-order chi connectivity index (χ0) is 15.5. The first-order chi connectivity index (χ1) is 9.27. The molecule has 0 amide bonds. The molecule has 0 bridgehead atoms. The first-order valence-corrected chi connectivity index (χ1v) is 6.88. The minimum Gasteiger partial charge on any atom is -0.493 e. The van der Waals surface area contributed by atoms with Gasteiger partial charge in [0.05, 0.1) is 25.5 Å². The van der Waals surface area contributed by atoms with E-state index in [0.717, 1.165) is 5.69 Å². The Morgan fingerprint density at radius 2 is 1.90 bits per heavy atom. The standard InChI is InChI=1S/C14H28N4O2/c1-9(2)18-12(10(19-6)8-16-18)11(17-15)13(20-7)14(3,4)5/h8-9,11,13,17H,15H2,1-7H3. The molecule has 1 rings (SSSR count). The lowest BCUT2D eigenvalue weighted by Crippen LogP contribution is -2.45. The summed E-state index contributed by atoms with van der Waals surface area (Å²) < 4.78 is 13.0. The number of ether oxygens (including phenoxy) is 2. The average molecular weight is 284 g/mol. The van der Waals surface area contributed by atoms with Crippen molar-refractivity contribution in [2.75, 3.05) is 14.2 Å².